The molecule has 0 saturated carbocycles. The second-order valence-electron chi connectivity index (χ2n) is 5.04. The number of rotatable bonds is 3. The summed E-state index contributed by atoms with van der Waals surface area (Å²) in [5, 5.41) is 21.1. The van der Waals surface area contributed by atoms with Crippen LogP contribution in [0.5, 0.6) is 5.75 Å². The summed E-state index contributed by atoms with van der Waals surface area (Å²) >= 11 is 0. The van der Waals surface area contributed by atoms with Crippen LogP contribution in [0.15, 0.2) is 24.3 Å². The van der Waals surface area contributed by atoms with E-state index in [0.29, 0.717) is 13.0 Å². The van der Waals surface area contributed by atoms with Gasteiger partial charge in [0.1, 0.15) is 5.75 Å². The molecule has 1 unspecified atom stereocenters. The number of benzene rings is 1. The lowest BCUT2D eigenvalue weighted by Crippen LogP contribution is -2.40. The Morgan fingerprint density at radius 2 is 2.20 bits per heavy atom. The largest absolute Gasteiger partial charge is 0.508 e. The SMILES string of the molecule is C[C@@H](NC(=O)N1CCC(C(=O)O)C1)c1cccc(O)c1. The van der Waals surface area contributed by atoms with Crippen LogP contribution >= 0.6 is 0 Å². The number of aliphatic carboxylic acids is 1. The summed E-state index contributed by atoms with van der Waals surface area (Å²) in [6, 6.07) is 6.16. The maximum atomic E-state index is 12.0. The van der Waals surface area contributed by atoms with Gasteiger partial charge in [-0.2, -0.15) is 0 Å². The van der Waals surface area contributed by atoms with E-state index in [1.165, 1.54) is 4.90 Å². The van der Waals surface area contributed by atoms with Gasteiger partial charge >= 0.3 is 12.0 Å². The van der Waals surface area contributed by atoms with Crippen LogP contribution in [0, 0.1) is 5.92 Å². The van der Waals surface area contributed by atoms with Gasteiger partial charge in [0, 0.05) is 13.1 Å². The zero-order valence-electron chi connectivity index (χ0n) is 11.2. The number of carbonyl (C=O) groups excluding carboxylic acids is 1. The fraction of sp³-hybridized carbons (Fsp3) is 0.429. The molecule has 2 amide bonds. The molecule has 3 N–H and O–H groups in total. The Kier molecular flexibility index (Phi) is 4.12. The van der Waals surface area contributed by atoms with Gasteiger partial charge in [0.25, 0.3) is 0 Å². The number of likely N-dealkylation sites (tertiary alicyclic amines) is 1. The minimum atomic E-state index is -0.860. The van der Waals surface area contributed by atoms with Crippen LogP contribution in [-0.2, 0) is 4.79 Å². The number of hydrogen-bond donors (Lipinski definition) is 3. The first-order valence-corrected chi connectivity index (χ1v) is 6.54. The van der Waals surface area contributed by atoms with Crippen LogP contribution in [0.25, 0.3) is 0 Å². The molecule has 2 atom stereocenters. The quantitative estimate of drug-likeness (QED) is 0.783. The number of nitrogens with one attached hydrogen (secondary N) is 1. The van der Waals surface area contributed by atoms with Gasteiger partial charge in [-0.15, -0.1) is 0 Å². The predicted molar refractivity (Wildman–Crippen MR) is 72.4 cm³/mol. The highest BCUT2D eigenvalue weighted by Gasteiger charge is 2.31. The normalized spacial score (nSPS) is 19.6. The number of amides is 2. The van der Waals surface area contributed by atoms with Crippen molar-refractivity contribution in [2.24, 2.45) is 5.92 Å². The van der Waals surface area contributed by atoms with E-state index >= 15 is 0 Å². The van der Waals surface area contributed by atoms with Gasteiger partial charge in [0.2, 0.25) is 0 Å². The molecule has 20 heavy (non-hydrogen) atoms. The third-order valence-corrected chi connectivity index (χ3v) is 3.53. The van der Waals surface area contributed by atoms with Crippen molar-refractivity contribution in [2.75, 3.05) is 13.1 Å². The first-order valence-electron chi connectivity index (χ1n) is 6.54. The molecule has 1 heterocycles. The number of carbonyl (C=O) groups is 2. The fourth-order valence-electron chi connectivity index (χ4n) is 2.30. The molecule has 0 spiro atoms. The summed E-state index contributed by atoms with van der Waals surface area (Å²) in [4.78, 5) is 24.4. The molecule has 0 bridgehead atoms. The Hall–Kier alpha value is -2.24. The standard InChI is InChI=1S/C14H18N2O4/c1-9(10-3-2-4-12(17)7-10)15-14(20)16-6-5-11(8-16)13(18)19/h2-4,7,9,11,17H,5-6,8H2,1H3,(H,15,20)(H,18,19)/t9-,11?/m1/s1. The lowest BCUT2D eigenvalue weighted by atomic mass is 10.1. The van der Waals surface area contributed by atoms with Gasteiger partial charge in [-0.25, -0.2) is 4.79 Å². The summed E-state index contributed by atoms with van der Waals surface area (Å²) in [5.41, 5.74) is 0.798. The second-order valence-corrected chi connectivity index (χ2v) is 5.04. The lowest BCUT2D eigenvalue weighted by Gasteiger charge is -2.21. The molecule has 6 heteroatoms. The molecule has 1 fully saturated rings. The molecule has 6 nitrogen and oxygen atoms in total. The van der Waals surface area contributed by atoms with Crippen molar-refractivity contribution in [3.8, 4) is 5.75 Å². The molecular formula is C14H18N2O4. The highest BCUT2D eigenvalue weighted by Crippen LogP contribution is 2.20. The number of carboxylic acids is 1. The van der Waals surface area contributed by atoms with E-state index in [2.05, 4.69) is 5.32 Å². The van der Waals surface area contributed by atoms with E-state index in [4.69, 9.17) is 5.11 Å². The van der Waals surface area contributed by atoms with E-state index in [0.717, 1.165) is 5.56 Å². The molecule has 108 valence electrons. The van der Waals surface area contributed by atoms with Crippen LogP contribution in [0.2, 0.25) is 0 Å². The van der Waals surface area contributed by atoms with Gasteiger partial charge in [-0.05, 0) is 31.0 Å². The second kappa shape index (κ2) is 5.81. The lowest BCUT2D eigenvalue weighted by molar-refractivity contribution is -0.141. The van der Waals surface area contributed by atoms with E-state index in [9.17, 15) is 14.7 Å². The maximum absolute atomic E-state index is 12.0. The van der Waals surface area contributed by atoms with E-state index in [1.54, 1.807) is 18.2 Å². The molecule has 0 aromatic heterocycles. The van der Waals surface area contributed by atoms with E-state index in [-0.39, 0.29) is 24.4 Å². The Balaban J connectivity index is 1.93. The van der Waals surface area contributed by atoms with Crippen molar-refractivity contribution in [3.05, 3.63) is 29.8 Å². The summed E-state index contributed by atoms with van der Waals surface area (Å²) in [6.45, 7) is 2.51. The Morgan fingerprint density at radius 1 is 1.45 bits per heavy atom. The minimum absolute atomic E-state index is 0.149. The van der Waals surface area contributed by atoms with Crippen molar-refractivity contribution >= 4 is 12.0 Å². The topological polar surface area (TPSA) is 89.9 Å². The fourth-order valence-corrected chi connectivity index (χ4v) is 2.30. The van der Waals surface area contributed by atoms with Crippen LogP contribution in [0.1, 0.15) is 24.9 Å². The number of aromatic hydroxyl groups is 1. The van der Waals surface area contributed by atoms with Gasteiger partial charge in [0.05, 0.1) is 12.0 Å². The van der Waals surface area contributed by atoms with Crippen LogP contribution in [0.4, 0.5) is 4.79 Å². The zero-order valence-corrected chi connectivity index (χ0v) is 11.2. The Bertz CT molecular complexity index is 518. The summed E-state index contributed by atoms with van der Waals surface area (Å²) < 4.78 is 0. The summed E-state index contributed by atoms with van der Waals surface area (Å²) in [7, 11) is 0. The Morgan fingerprint density at radius 3 is 2.80 bits per heavy atom. The number of hydrogen-bond acceptors (Lipinski definition) is 3. The van der Waals surface area contributed by atoms with Crippen molar-refractivity contribution in [2.45, 2.75) is 19.4 Å². The zero-order chi connectivity index (χ0) is 14.7. The smallest absolute Gasteiger partial charge is 0.317 e. The van der Waals surface area contributed by atoms with E-state index in [1.807, 2.05) is 13.0 Å². The third-order valence-electron chi connectivity index (χ3n) is 3.53. The van der Waals surface area contributed by atoms with Crippen molar-refractivity contribution in [1.29, 1.82) is 0 Å². The van der Waals surface area contributed by atoms with Crippen LogP contribution in [-0.4, -0.2) is 40.2 Å². The average Bonchev–Trinajstić information content (AvgIpc) is 2.88. The minimum Gasteiger partial charge on any atom is -0.508 e. The predicted octanol–water partition coefficient (Wildman–Crippen LogP) is 1.57. The number of phenolic OH excluding ortho intramolecular Hbond substituents is 1. The molecule has 1 saturated heterocycles. The molecule has 1 aliphatic heterocycles. The maximum Gasteiger partial charge on any atom is 0.317 e. The monoisotopic (exact) mass is 278 g/mol. The molecule has 0 radical (unpaired) electrons. The molecule has 2 rings (SSSR count). The highest BCUT2D eigenvalue weighted by atomic mass is 16.4. The van der Waals surface area contributed by atoms with Crippen molar-refractivity contribution < 1.29 is 19.8 Å². The van der Waals surface area contributed by atoms with Gasteiger partial charge in [0.15, 0.2) is 0 Å². The molecule has 1 aromatic carbocycles. The van der Waals surface area contributed by atoms with Gasteiger partial charge < -0.3 is 20.4 Å². The summed E-state index contributed by atoms with van der Waals surface area (Å²) in [6.07, 6.45) is 0.489. The average molecular weight is 278 g/mol. The number of urea groups is 1. The number of carboxylic acid groups (broad SMARTS) is 1. The molecular weight excluding hydrogens is 260 g/mol. The number of nitrogens with zero attached hydrogens (tertiary/aromatic N) is 1. The molecule has 1 aliphatic rings. The van der Waals surface area contributed by atoms with E-state index < -0.39 is 11.9 Å². The number of phenols is 1. The molecule has 0 aliphatic carbocycles. The van der Waals surface area contributed by atoms with Crippen molar-refractivity contribution in [1.82, 2.24) is 10.2 Å². The Labute approximate surface area is 117 Å². The highest BCUT2D eigenvalue weighted by molar-refractivity contribution is 5.77. The first-order chi connectivity index (χ1) is 9.47. The molecule has 1 aromatic rings. The van der Waals surface area contributed by atoms with Gasteiger partial charge in [-0.3, -0.25) is 4.79 Å². The van der Waals surface area contributed by atoms with Gasteiger partial charge in [-0.1, -0.05) is 12.1 Å². The van der Waals surface area contributed by atoms with Crippen LogP contribution in [0.3, 0.4) is 0 Å². The first kappa shape index (κ1) is 14.2. The van der Waals surface area contributed by atoms with Crippen molar-refractivity contribution in [3.63, 3.8) is 0 Å². The van der Waals surface area contributed by atoms with Crippen LogP contribution < -0.4 is 5.32 Å². The summed E-state index contributed by atoms with van der Waals surface area (Å²) in [5.74, 6) is -1.19. The third kappa shape index (κ3) is 3.20.